The number of aliphatic imine (C=N–C) groups is 1. The van der Waals surface area contributed by atoms with Crippen molar-refractivity contribution < 1.29 is 4.79 Å². The smallest absolute Gasteiger partial charge is 0.248 e. The molecule has 0 aromatic heterocycles. The molecule has 0 radical (unpaired) electrons. The van der Waals surface area contributed by atoms with Crippen molar-refractivity contribution in [2.24, 2.45) is 4.99 Å². The second kappa shape index (κ2) is 5.51. The number of anilines is 1. The van der Waals surface area contributed by atoms with E-state index in [0.717, 1.165) is 11.1 Å². The molecule has 106 valence electrons. The van der Waals surface area contributed by atoms with Crippen LogP contribution in [0.1, 0.15) is 18.1 Å². The van der Waals surface area contributed by atoms with Gasteiger partial charge in [-0.3, -0.25) is 9.79 Å². The molecule has 0 fully saturated rings. The number of benzodiazepines with no additional fused rings is 1. The predicted molar refractivity (Wildman–Crippen MR) is 86.6 cm³/mol. The van der Waals surface area contributed by atoms with Crippen molar-refractivity contribution in [3.05, 3.63) is 63.6 Å². The highest BCUT2D eigenvalue weighted by Gasteiger charge is 2.23. The fourth-order valence-electron chi connectivity index (χ4n) is 2.25. The Balaban J connectivity index is 2.27. The Morgan fingerprint density at radius 3 is 2.62 bits per heavy atom. The van der Waals surface area contributed by atoms with Crippen LogP contribution in [0.2, 0.25) is 10.0 Å². The van der Waals surface area contributed by atoms with E-state index < -0.39 is 6.04 Å². The van der Waals surface area contributed by atoms with E-state index in [1.54, 1.807) is 31.2 Å². The van der Waals surface area contributed by atoms with Crippen molar-refractivity contribution in [2.75, 3.05) is 5.32 Å². The van der Waals surface area contributed by atoms with Crippen molar-refractivity contribution >= 4 is 40.5 Å². The van der Waals surface area contributed by atoms with E-state index in [0.29, 0.717) is 21.4 Å². The van der Waals surface area contributed by atoms with Crippen LogP contribution in [0.15, 0.2) is 47.5 Å². The van der Waals surface area contributed by atoms with Gasteiger partial charge in [0, 0.05) is 21.2 Å². The quantitative estimate of drug-likeness (QED) is 0.842. The van der Waals surface area contributed by atoms with Crippen LogP contribution in [0, 0.1) is 0 Å². The molecule has 0 saturated heterocycles. The Hall–Kier alpha value is -1.84. The van der Waals surface area contributed by atoms with Gasteiger partial charge >= 0.3 is 0 Å². The van der Waals surface area contributed by atoms with Gasteiger partial charge in [0.05, 0.1) is 11.4 Å². The van der Waals surface area contributed by atoms with Gasteiger partial charge in [0.2, 0.25) is 5.91 Å². The van der Waals surface area contributed by atoms with Gasteiger partial charge in [-0.25, -0.2) is 0 Å². The maximum absolute atomic E-state index is 12.0. The number of benzene rings is 2. The molecule has 0 saturated carbocycles. The third-order valence-corrected chi connectivity index (χ3v) is 3.89. The van der Waals surface area contributed by atoms with E-state index in [9.17, 15) is 4.79 Å². The number of fused-ring (bicyclic) bond motifs is 1. The lowest BCUT2D eigenvalue weighted by Crippen LogP contribution is -2.22. The van der Waals surface area contributed by atoms with Gasteiger partial charge in [0.1, 0.15) is 6.04 Å². The summed E-state index contributed by atoms with van der Waals surface area (Å²) < 4.78 is 0. The minimum atomic E-state index is -0.498. The zero-order chi connectivity index (χ0) is 15.0. The standard InChI is InChI=1S/C16H12Cl2N2O/c1-9-16(21)20-14-7-6-10(17)8-12(14)15(19-9)11-4-2-3-5-13(11)18/h2-9H,1H3,(H,20,21). The first-order chi connectivity index (χ1) is 10.1. The highest BCUT2D eigenvalue weighted by molar-refractivity contribution is 6.36. The van der Waals surface area contributed by atoms with Gasteiger partial charge in [-0.1, -0.05) is 41.4 Å². The van der Waals surface area contributed by atoms with Gasteiger partial charge in [-0.15, -0.1) is 0 Å². The van der Waals surface area contributed by atoms with E-state index in [1.807, 2.05) is 18.2 Å². The monoisotopic (exact) mass is 318 g/mol. The van der Waals surface area contributed by atoms with Crippen LogP contribution in [0.4, 0.5) is 5.69 Å². The highest BCUT2D eigenvalue weighted by Crippen LogP contribution is 2.29. The number of carbonyl (C=O) groups is 1. The molecule has 0 aliphatic carbocycles. The molecule has 21 heavy (non-hydrogen) atoms. The van der Waals surface area contributed by atoms with Crippen LogP contribution < -0.4 is 5.32 Å². The molecule has 1 aliphatic heterocycles. The van der Waals surface area contributed by atoms with Crippen molar-refractivity contribution in [2.45, 2.75) is 13.0 Å². The van der Waals surface area contributed by atoms with Gasteiger partial charge in [-0.2, -0.15) is 0 Å². The first kappa shape index (κ1) is 14.1. The molecular weight excluding hydrogens is 307 g/mol. The van der Waals surface area contributed by atoms with Crippen LogP contribution in [0.3, 0.4) is 0 Å². The second-order valence-electron chi connectivity index (χ2n) is 4.81. The molecule has 0 spiro atoms. The largest absolute Gasteiger partial charge is 0.324 e. The summed E-state index contributed by atoms with van der Waals surface area (Å²) in [6, 6.07) is 12.2. The minimum absolute atomic E-state index is 0.152. The minimum Gasteiger partial charge on any atom is -0.324 e. The fraction of sp³-hybridized carbons (Fsp3) is 0.125. The molecule has 2 aromatic rings. The summed E-state index contributed by atoms with van der Waals surface area (Å²) in [5.41, 5.74) is 2.91. The van der Waals surface area contributed by atoms with Gasteiger partial charge in [0.25, 0.3) is 0 Å². The van der Waals surface area contributed by atoms with Crippen LogP contribution in [0.25, 0.3) is 0 Å². The summed E-state index contributed by atoms with van der Waals surface area (Å²) in [7, 11) is 0. The Morgan fingerprint density at radius 1 is 1.10 bits per heavy atom. The highest BCUT2D eigenvalue weighted by atomic mass is 35.5. The molecule has 1 atom stereocenters. The van der Waals surface area contributed by atoms with Crippen molar-refractivity contribution in [1.82, 2.24) is 0 Å². The normalized spacial score (nSPS) is 17.6. The maximum Gasteiger partial charge on any atom is 0.248 e. The molecule has 1 unspecified atom stereocenters. The first-order valence-electron chi connectivity index (χ1n) is 6.50. The molecule has 1 amide bonds. The van der Waals surface area contributed by atoms with Gasteiger partial charge < -0.3 is 5.32 Å². The lowest BCUT2D eigenvalue weighted by Gasteiger charge is -2.11. The van der Waals surface area contributed by atoms with Crippen molar-refractivity contribution in [1.29, 1.82) is 0 Å². The van der Waals surface area contributed by atoms with E-state index >= 15 is 0 Å². The molecule has 1 heterocycles. The van der Waals surface area contributed by atoms with Gasteiger partial charge in [0.15, 0.2) is 0 Å². The Kier molecular flexibility index (Phi) is 3.70. The summed E-state index contributed by atoms with van der Waals surface area (Å²) >= 11 is 12.4. The van der Waals surface area contributed by atoms with E-state index in [1.165, 1.54) is 0 Å². The second-order valence-corrected chi connectivity index (χ2v) is 5.66. The summed E-state index contributed by atoms with van der Waals surface area (Å²) in [5.74, 6) is -0.152. The van der Waals surface area contributed by atoms with Crippen molar-refractivity contribution in [3.63, 3.8) is 0 Å². The third-order valence-electron chi connectivity index (χ3n) is 3.33. The number of hydrogen-bond acceptors (Lipinski definition) is 2. The van der Waals surface area contributed by atoms with Crippen LogP contribution in [-0.4, -0.2) is 17.7 Å². The van der Waals surface area contributed by atoms with E-state index in [2.05, 4.69) is 10.3 Å². The first-order valence-corrected chi connectivity index (χ1v) is 7.25. The van der Waals surface area contributed by atoms with E-state index in [4.69, 9.17) is 23.2 Å². The maximum atomic E-state index is 12.0. The van der Waals surface area contributed by atoms with Crippen LogP contribution in [-0.2, 0) is 4.79 Å². The number of hydrogen-bond donors (Lipinski definition) is 1. The lowest BCUT2D eigenvalue weighted by molar-refractivity contribution is -0.116. The number of carbonyl (C=O) groups excluding carboxylic acids is 1. The summed E-state index contributed by atoms with van der Waals surface area (Å²) in [6.45, 7) is 1.75. The van der Waals surface area contributed by atoms with Crippen molar-refractivity contribution in [3.8, 4) is 0 Å². The fourth-order valence-corrected chi connectivity index (χ4v) is 2.65. The summed E-state index contributed by atoms with van der Waals surface area (Å²) in [6.07, 6.45) is 0. The summed E-state index contributed by atoms with van der Waals surface area (Å²) in [5, 5.41) is 4.03. The number of amides is 1. The zero-order valence-electron chi connectivity index (χ0n) is 11.2. The molecule has 1 N–H and O–H groups in total. The molecule has 1 aliphatic rings. The third kappa shape index (κ3) is 2.67. The summed E-state index contributed by atoms with van der Waals surface area (Å²) in [4.78, 5) is 16.6. The predicted octanol–water partition coefficient (Wildman–Crippen LogP) is 4.17. The Morgan fingerprint density at radius 2 is 1.86 bits per heavy atom. The molecule has 2 aromatic carbocycles. The van der Waals surface area contributed by atoms with Crippen LogP contribution >= 0.6 is 23.2 Å². The topological polar surface area (TPSA) is 41.5 Å². The number of nitrogens with one attached hydrogen (secondary N) is 1. The van der Waals surface area contributed by atoms with E-state index in [-0.39, 0.29) is 5.91 Å². The number of rotatable bonds is 1. The average molecular weight is 319 g/mol. The molecule has 0 bridgehead atoms. The molecular formula is C16H12Cl2N2O. The number of halogens is 2. The molecule has 3 rings (SSSR count). The zero-order valence-corrected chi connectivity index (χ0v) is 12.7. The van der Waals surface area contributed by atoms with Crippen LogP contribution in [0.5, 0.6) is 0 Å². The molecule has 5 heteroatoms. The Labute approximate surface area is 132 Å². The number of nitrogens with zero attached hydrogens (tertiary/aromatic N) is 1. The average Bonchev–Trinajstić information content (AvgIpc) is 2.58. The SMILES string of the molecule is CC1N=C(c2ccccc2Cl)c2cc(Cl)ccc2NC1=O. The lowest BCUT2D eigenvalue weighted by atomic mass is 10.0. The van der Waals surface area contributed by atoms with Gasteiger partial charge in [-0.05, 0) is 31.2 Å². The Bertz CT molecular complexity index is 756. The molecule has 3 nitrogen and oxygen atoms in total.